The SMILES string of the molecule is COCC(CNS(=O)(=O)c1ccc2c(c1)CNC2)OC. The highest BCUT2D eigenvalue weighted by molar-refractivity contribution is 7.89. The highest BCUT2D eigenvalue weighted by Crippen LogP contribution is 2.19. The van der Waals surface area contributed by atoms with Crippen LogP contribution in [0.25, 0.3) is 0 Å². The minimum Gasteiger partial charge on any atom is -0.382 e. The molecule has 0 spiro atoms. The highest BCUT2D eigenvalue weighted by Gasteiger charge is 2.19. The maximum Gasteiger partial charge on any atom is 0.240 e. The number of hydrogen-bond acceptors (Lipinski definition) is 5. The number of nitrogens with one attached hydrogen (secondary N) is 2. The number of rotatable bonds is 7. The van der Waals surface area contributed by atoms with Gasteiger partial charge in [0.15, 0.2) is 0 Å². The van der Waals surface area contributed by atoms with Crippen LogP contribution in [0.5, 0.6) is 0 Å². The van der Waals surface area contributed by atoms with Crippen LogP contribution in [-0.4, -0.2) is 41.9 Å². The van der Waals surface area contributed by atoms with Gasteiger partial charge in [-0.3, -0.25) is 0 Å². The average Bonchev–Trinajstić information content (AvgIpc) is 2.90. The molecule has 112 valence electrons. The fourth-order valence-electron chi connectivity index (χ4n) is 2.12. The van der Waals surface area contributed by atoms with E-state index in [4.69, 9.17) is 9.47 Å². The minimum absolute atomic E-state index is 0.183. The smallest absolute Gasteiger partial charge is 0.240 e. The first-order valence-electron chi connectivity index (χ1n) is 6.40. The zero-order valence-electron chi connectivity index (χ0n) is 11.7. The lowest BCUT2D eigenvalue weighted by Crippen LogP contribution is -2.35. The Kier molecular flexibility index (Phi) is 5.11. The molecule has 20 heavy (non-hydrogen) atoms. The van der Waals surface area contributed by atoms with Gasteiger partial charge in [-0.05, 0) is 23.3 Å². The Morgan fingerprint density at radius 2 is 2.05 bits per heavy atom. The summed E-state index contributed by atoms with van der Waals surface area (Å²) >= 11 is 0. The van der Waals surface area contributed by atoms with Crippen molar-refractivity contribution in [2.24, 2.45) is 0 Å². The Morgan fingerprint density at radius 3 is 2.75 bits per heavy atom. The van der Waals surface area contributed by atoms with Crippen LogP contribution in [0, 0.1) is 0 Å². The zero-order valence-corrected chi connectivity index (χ0v) is 12.5. The summed E-state index contributed by atoms with van der Waals surface area (Å²) in [6.07, 6.45) is -0.300. The second kappa shape index (κ2) is 6.64. The molecule has 0 saturated carbocycles. The third kappa shape index (κ3) is 3.56. The summed E-state index contributed by atoms with van der Waals surface area (Å²) in [6, 6.07) is 5.20. The fraction of sp³-hybridized carbons (Fsp3) is 0.538. The number of benzene rings is 1. The molecule has 0 bridgehead atoms. The van der Waals surface area contributed by atoms with Gasteiger partial charge in [-0.15, -0.1) is 0 Å². The normalized spacial score (nSPS) is 16.1. The molecule has 1 atom stereocenters. The molecule has 0 fully saturated rings. The van der Waals surface area contributed by atoms with Crippen LogP contribution in [-0.2, 0) is 32.6 Å². The molecule has 2 N–H and O–H groups in total. The number of ether oxygens (including phenoxy) is 2. The van der Waals surface area contributed by atoms with Crippen molar-refractivity contribution in [2.75, 3.05) is 27.4 Å². The summed E-state index contributed by atoms with van der Waals surface area (Å²) in [7, 11) is -0.442. The third-order valence-corrected chi connectivity index (χ3v) is 4.73. The van der Waals surface area contributed by atoms with Crippen LogP contribution >= 0.6 is 0 Å². The number of fused-ring (bicyclic) bond motifs is 1. The Labute approximate surface area is 119 Å². The molecular formula is C13H20N2O4S. The highest BCUT2D eigenvalue weighted by atomic mass is 32.2. The van der Waals surface area contributed by atoms with E-state index in [2.05, 4.69) is 10.0 Å². The van der Waals surface area contributed by atoms with Crippen molar-refractivity contribution in [3.63, 3.8) is 0 Å². The summed E-state index contributed by atoms with van der Waals surface area (Å²) in [5.41, 5.74) is 2.19. The summed E-state index contributed by atoms with van der Waals surface area (Å²) in [4.78, 5) is 0.284. The second-order valence-corrected chi connectivity index (χ2v) is 6.47. The molecule has 1 aromatic rings. The molecule has 0 amide bonds. The lowest BCUT2D eigenvalue weighted by atomic mass is 10.1. The average molecular weight is 300 g/mol. The second-order valence-electron chi connectivity index (χ2n) is 4.70. The van der Waals surface area contributed by atoms with Gasteiger partial charge in [0.1, 0.15) is 0 Å². The van der Waals surface area contributed by atoms with Gasteiger partial charge in [-0.2, -0.15) is 0 Å². The molecule has 0 saturated heterocycles. The molecule has 0 aliphatic carbocycles. The van der Waals surface area contributed by atoms with Gasteiger partial charge in [-0.25, -0.2) is 13.1 Å². The predicted octanol–water partition coefficient (Wildman–Crippen LogP) is 0.230. The van der Waals surface area contributed by atoms with Gasteiger partial charge in [-0.1, -0.05) is 6.07 Å². The first-order chi connectivity index (χ1) is 9.56. The van der Waals surface area contributed by atoms with E-state index in [1.807, 2.05) is 6.07 Å². The predicted molar refractivity (Wildman–Crippen MR) is 74.8 cm³/mol. The van der Waals surface area contributed by atoms with Crippen molar-refractivity contribution < 1.29 is 17.9 Å². The summed E-state index contributed by atoms with van der Waals surface area (Å²) in [6.45, 7) is 2.03. The van der Waals surface area contributed by atoms with Crippen molar-refractivity contribution >= 4 is 10.0 Å². The molecule has 6 nitrogen and oxygen atoms in total. The molecule has 0 radical (unpaired) electrons. The molecule has 7 heteroatoms. The quantitative estimate of drug-likeness (QED) is 0.754. The van der Waals surface area contributed by atoms with E-state index < -0.39 is 10.0 Å². The van der Waals surface area contributed by atoms with Gasteiger partial charge in [0.2, 0.25) is 10.0 Å². The van der Waals surface area contributed by atoms with Crippen LogP contribution in [0.1, 0.15) is 11.1 Å². The number of sulfonamides is 1. The molecule has 2 rings (SSSR count). The van der Waals surface area contributed by atoms with E-state index in [0.717, 1.165) is 17.7 Å². The zero-order chi connectivity index (χ0) is 14.6. The monoisotopic (exact) mass is 300 g/mol. The Bertz CT molecular complexity index is 559. The lowest BCUT2D eigenvalue weighted by Gasteiger charge is -2.15. The Hall–Kier alpha value is -0.990. The van der Waals surface area contributed by atoms with Crippen molar-refractivity contribution in [1.82, 2.24) is 10.0 Å². The maximum absolute atomic E-state index is 12.2. The van der Waals surface area contributed by atoms with Crippen LogP contribution in [0.2, 0.25) is 0 Å². The minimum atomic E-state index is -3.52. The van der Waals surface area contributed by atoms with Gasteiger partial charge >= 0.3 is 0 Å². The molecule has 1 unspecified atom stereocenters. The first-order valence-corrected chi connectivity index (χ1v) is 7.89. The van der Waals surface area contributed by atoms with Gasteiger partial charge in [0, 0.05) is 33.9 Å². The molecule has 1 aliphatic rings. The Morgan fingerprint density at radius 1 is 1.30 bits per heavy atom. The Balaban J connectivity index is 2.06. The number of hydrogen-bond donors (Lipinski definition) is 2. The van der Waals surface area contributed by atoms with Gasteiger partial charge in [0.05, 0.1) is 17.6 Å². The summed E-state index contributed by atoms with van der Waals surface area (Å²) < 4.78 is 37.1. The topological polar surface area (TPSA) is 76.7 Å². The molecular weight excluding hydrogens is 280 g/mol. The van der Waals surface area contributed by atoms with Gasteiger partial charge in [0.25, 0.3) is 0 Å². The molecule has 1 heterocycles. The van der Waals surface area contributed by atoms with E-state index in [-0.39, 0.29) is 17.5 Å². The van der Waals surface area contributed by atoms with E-state index >= 15 is 0 Å². The molecule has 0 aromatic heterocycles. The summed E-state index contributed by atoms with van der Waals surface area (Å²) in [5.74, 6) is 0. The molecule has 1 aliphatic heterocycles. The van der Waals surface area contributed by atoms with Gasteiger partial charge < -0.3 is 14.8 Å². The van der Waals surface area contributed by atoms with Crippen LogP contribution in [0.15, 0.2) is 23.1 Å². The third-order valence-electron chi connectivity index (χ3n) is 3.31. The van der Waals surface area contributed by atoms with E-state index in [0.29, 0.717) is 13.2 Å². The molecule has 1 aromatic carbocycles. The van der Waals surface area contributed by atoms with Crippen LogP contribution in [0.3, 0.4) is 0 Å². The van der Waals surface area contributed by atoms with E-state index in [9.17, 15) is 8.42 Å². The summed E-state index contributed by atoms with van der Waals surface area (Å²) in [5, 5.41) is 3.19. The van der Waals surface area contributed by atoms with Crippen molar-refractivity contribution in [1.29, 1.82) is 0 Å². The fourth-order valence-corrected chi connectivity index (χ4v) is 3.24. The lowest BCUT2D eigenvalue weighted by molar-refractivity contribution is 0.0320. The van der Waals surface area contributed by atoms with E-state index in [1.54, 1.807) is 19.2 Å². The number of methoxy groups -OCH3 is 2. The van der Waals surface area contributed by atoms with Crippen molar-refractivity contribution in [2.45, 2.75) is 24.1 Å². The first kappa shape index (κ1) is 15.4. The van der Waals surface area contributed by atoms with Crippen molar-refractivity contribution in [3.8, 4) is 0 Å². The largest absolute Gasteiger partial charge is 0.382 e. The maximum atomic E-state index is 12.2. The van der Waals surface area contributed by atoms with Crippen molar-refractivity contribution in [3.05, 3.63) is 29.3 Å². The standard InChI is InChI=1S/C13H20N2O4S/c1-18-9-12(19-2)8-15-20(16,17)13-4-3-10-6-14-7-11(10)5-13/h3-5,12,14-15H,6-9H2,1-2H3. The van der Waals surface area contributed by atoms with E-state index in [1.165, 1.54) is 7.11 Å². The van der Waals surface area contributed by atoms with Crippen LogP contribution in [0.4, 0.5) is 0 Å². The van der Waals surface area contributed by atoms with Crippen LogP contribution < -0.4 is 10.0 Å².